The molecule has 0 heterocycles. The molecule has 6 nitrogen and oxygen atoms in total. The maximum absolute atomic E-state index is 11.9. The van der Waals surface area contributed by atoms with Gasteiger partial charge >= 0.3 is 11.9 Å². The molecular formula is C19H20O6. The van der Waals surface area contributed by atoms with Crippen LogP contribution in [0.1, 0.15) is 45.2 Å². The Labute approximate surface area is 146 Å². The van der Waals surface area contributed by atoms with Gasteiger partial charge in [-0.2, -0.15) is 0 Å². The summed E-state index contributed by atoms with van der Waals surface area (Å²) in [7, 11) is 0. The van der Waals surface area contributed by atoms with Crippen molar-refractivity contribution < 1.29 is 29.1 Å². The molecule has 0 aliphatic rings. The van der Waals surface area contributed by atoms with Gasteiger partial charge in [0.25, 0.3) is 0 Å². The van der Waals surface area contributed by atoms with Crippen molar-refractivity contribution in [3.63, 3.8) is 0 Å². The molecule has 0 amide bonds. The molecule has 0 fully saturated rings. The second-order valence-corrected chi connectivity index (χ2v) is 5.51. The zero-order chi connectivity index (χ0) is 18.2. The lowest BCUT2D eigenvalue weighted by Gasteiger charge is -2.13. The number of rotatable bonds is 7. The maximum Gasteiger partial charge on any atom is 0.373 e. The number of aryl methyl sites for hydroxylation is 2. The van der Waals surface area contributed by atoms with Crippen LogP contribution in [0.4, 0.5) is 0 Å². The van der Waals surface area contributed by atoms with Crippen LogP contribution < -0.4 is 0 Å². The number of carbonyl (C=O) groups is 2. The van der Waals surface area contributed by atoms with Crippen LogP contribution in [0.2, 0.25) is 0 Å². The number of carbonyl (C=O) groups excluding carboxylic acids is 2. The van der Waals surface area contributed by atoms with E-state index in [9.17, 15) is 9.59 Å². The van der Waals surface area contributed by atoms with Gasteiger partial charge in [0.1, 0.15) is 0 Å². The lowest BCUT2D eigenvalue weighted by Crippen LogP contribution is -2.21. The molecule has 2 aromatic carbocycles. The van der Waals surface area contributed by atoms with E-state index in [1.807, 2.05) is 26.0 Å². The van der Waals surface area contributed by atoms with E-state index in [-0.39, 0.29) is 0 Å². The first-order valence-corrected chi connectivity index (χ1v) is 7.88. The molecule has 0 saturated carbocycles. The molecule has 0 bridgehead atoms. The Bertz CT molecular complexity index is 679. The average molecular weight is 344 g/mol. The van der Waals surface area contributed by atoms with Crippen molar-refractivity contribution in [2.45, 2.75) is 33.5 Å². The van der Waals surface area contributed by atoms with Crippen LogP contribution in [-0.4, -0.2) is 18.2 Å². The van der Waals surface area contributed by atoms with E-state index >= 15 is 0 Å². The molecule has 25 heavy (non-hydrogen) atoms. The van der Waals surface area contributed by atoms with Gasteiger partial charge < -0.3 is 0 Å². The molecule has 132 valence electrons. The maximum atomic E-state index is 11.9. The van der Waals surface area contributed by atoms with Crippen LogP contribution in [0.5, 0.6) is 0 Å². The highest BCUT2D eigenvalue weighted by Gasteiger charge is 2.18. The lowest BCUT2D eigenvalue weighted by atomic mass is 10.1. The molecule has 0 spiro atoms. The standard InChI is InChI=1S/C19H20O6/c1-4-17(22-24-18(20)15-9-5-7-13(2)11-15)23-25-19(21)16-10-6-8-14(3)12-16/h5-12,17H,4H2,1-3H3. The summed E-state index contributed by atoms with van der Waals surface area (Å²) in [5, 5.41) is 0. The molecule has 0 unspecified atom stereocenters. The quantitative estimate of drug-likeness (QED) is 0.431. The zero-order valence-corrected chi connectivity index (χ0v) is 14.4. The second-order valence-electron chi connectivity index (χ2n) is 5.51. The van der Waals surface area contributed by atoms with Gasteiger partial charge in [0, 0.05) is 6.42 Å². The van der Waals surface area contributed by atoms with Gasteiger partial charge in [0.15, 0.2) is 0 Å². The van der Waals surface area contributed by atoms with Crippen molar-refractivity contribution in [3.05, 3.63) is 70.8 Å². The molecule has 6 heteroatoms. The Morgan fingerprint density at radius 1 is 0.840 bits per heavy atom. The number of hydrogen-bond donors (Lipinski definition) is 0. The topological polar surface area (TPSA) is 71.1 Å². The van der Waals surface area contributed by atoms with Gasteiger partial charge in [-0.15, -0.1) is 9.78 Å². The van der Waals surface area contributed by atoms with Gasteiger partial charge in [-0.25, -0.2) is 9.59 Å². The summed E-state index contributed by atoms with van der Waals surface area (Å²) in [6.07, 6.45) is -0.718. The first-order valence-electron chi connectivity index (χ1n) is 7.88. The van der Waals surface area contributed by atoms with E-state index in [1.54, 1.807) is 43.3 Å². The highest BCUT2D eigenvalue weighted by molar-refractivity contribution is 5.89. The molecule has 2 aromatic rings. The van der Waals surface area contributed by atoms with Crippen molar-refractivity contribution in [1.29, 1.82) is 0 Å². The molecule has 0 N–H and O–H groups in total. The van der Waals surface area contributed by atoms with Crippen LogP contribution in [0, 0.1) is 13.8 Å². The van der Waals surface area contributed by atoms with Crippen LogP contribution in [0.25, 0.3) is 0 Å². The van der Waals surface area contributed by atoms with Crippen molar-refractivity contribution >= 4 is 11.9 Å². The SMILES string of the molecule is CCC(OOC(=O)c1cccc(C)c1)OOC(=O)c1cccc(C)c1. The van der Waals surface area contributed by atoms with E-state index in [2.05, 4.69) is 0 Å². The molecule has 0 aromatic heterocycles. The Balaban J connectivity index is 1.84. The smallest absolute Gasteiger partial charge is 0.290 e. The van der Waals surface area contributed by atoms with Crippen molar-refractivity contribution in [2.24, 2.45) is 0 Å². The van der Waals surface area contributed by atoms with Gasteiger partial charge in [0.05, 0.1) is 11.1 Å². The summed E-state index contributed by atoms with van der Waals surface area (Å²) < 4.78 is 0. The molecule has 0 radical (unpaired) electrons. The minimum Gasteiger partial charge on any atom is -0.290 e. The molecule has 0 saturated heterocycles. The minimum atomic E-state index is -1.03. The summed E-state index contributed by atoms with van der Waals surface area (Å²) >= 11 is 0. The summed E-state index contributed by atoms with van der Waals surface area (Å²) in [5.74, 6) is -1.31. The normalized spacial score (nSPS) is 10.6. The number of hydrogen-bond acceptors (Lipinski definition) is 6. The van der Waals surface area contributed by atoms with E-state index in [1.165, 1.54) is 0 Å². The fraction of sp³-hybridized carbons (Fsp3) is 0.263. The van der Waals surface area contributed by atoms with Gasteiger partial charge in [-0.05, 0) is 38.1 Å². The monoisotopic (exact) mass is 344 g/mol. The van der Waals surface area contributed by atoms with Gasteiger partial charge in [-0.1, -0.05) is 42.3 Å². The minimum absolute atomic E-state index is 0.308. The van der Waals surface area contributed by atoms with Crippen LogP contribution in [0.3, 0.4) is 0 Å². The van der Waals surface area contributed by atoms with Crippen LogP contribution in [-0.2, 0) is 19.6 Å². The third kappa shape index (κ3) is 5.70. The predicted molar refractivity (Wildman–Crippen MR) is 89.4 cm³/mol. The fourth-order valence-electron chi connectivity index (χ4n) is 1.99. The molecule has 0 aliphatic carbocycles. The fourth-order valence-corrected chi connectivity index (χ4v) is 1.99. The molecular weight excluding hydrogens is 324 g/mol. The van der Waals surface area contributed by atoms with E-state index < -0.39 is 18.2 Å². The van der Waals surface area contributed by atoms with Crippen molar-refractivity contribution in [1.82, 2.24) is 0 Å². The Morgan fingerprint density at radius 3 is 1.64 bits per heavy atom. The zero-order valence-electron chi connectivity index (χ0n) is 14.4. The third-order valence-electron chi connectivity index (χ3n) is 3.30. The lowest BCUT2D eigenvalue weighted by molar-refractivity contribution is -0.420. The summed E-state index contributed by atoms with van der Waals surface area (Å²) in [6.45, 7) is 5.45. The Kier molecular flexibility index (Phi) is 6.68. The Morgan fingerprint density at radius 2 is 1.28 bits per heavy atom. The van der Waals surface area contributed by atoms with Crippen molar-refractivity contribution in [3.8, 4) is 0 Å². The highest BCUT2D eigenvalue weighted by Crippen LogP contribution is 2.11. The largest absolute Gasteiger partial charge is 0.373 e. The predicted octanol–water partition coefficient (Wildman–Crippen LogP) is 3.92. The summed E-state index contributed by atoms with van der Waals surface area (Å²) in [4.78, 5) is 43.1. The Hall–Kier alpha value is -2.70. The van der Waals surface area contributed by atoms with Crippen LogP contribution in [0.15, 0.2) is 48.5 Å². The first-order chi connectivity index (χ1) is 12.0. The summed E-state index contributed by atoms with van der Waals surface area (Å²) in [6, 6.07) is 13.8. The van der Waals surface area contributed by atoms with E-state index in [0.29, 0.717) is 17.5 Å². The third-order valence-corrected chi connectivity index (χ3v) is 3.30. The van der Waals surface area contributed by atoms with Crippen molar-refractivity contribution in [2.75, 3.05) is 0 Å². The number of benzene rings is 2. The van der Waals surface area contributed by atoms with Gasteiger partial charge in [0.2, 0.25) is 6.29 Å². The highest BCUT2D eigenvalue weighted by atomic mass is 17.3. The summed E-state index contributed by atoms with van der Waals surface area (Å²) in [5.41, 5.74) is 2.55. The van der Waals surface area contributed by atoms with Gasteiger partial charge in [-0.3, -0.25) is 9.78 Å². The average Bonchev–Trinajstić information content (AvgIpc) is 2.61. The second kappa shape index (κ2) is 8.96. The first kappa shape index (κ1) is 18.6. The van der Waals surface area contributed by atoms with Crippen LogP contribution >= 0.6 is 0 Å². The van der Waals surface area contributed by atoms with E-state index in [4.69, 9.17) is 19.6 Å². The van der Waals surface area contributed by atoms with E-state index in [0.717, 1.165) is 11.1 Å². The molecule has 2 rings (SSSR count). The molecule has 0 atom stereocenters. The molecule has 0 aliphatic heterocycles.